The molecule has 0 aliphatic carbocycles. The number of pyridine rings is 1. The Labute approximate surface area is 319 Å². The zero-order valence-electron chi connectivity index (χ0n) is 29.4. The van der Waals surface area contributed by atoms with Gasteiger partial charge >= 0.3 is 0 Å². The van der Waals surface area contributed by atoms with Crippen LogP contribution in [0.3, 0.4) is 0 Å². The number of fused-ring (bicyclic) bond motifs is 13. The number of benzene rings is 7. The summed E-state index contributed by atoms with van der Waals surface area (Å²) >= 11 is 1.75. The van der Waals surface area contributed by atoms with Crippen LogP contribution in [0.2, 0.25) is 0 Å². The fourth-order valence-electron chi connectivity index (χ4n) is 8.66. The molecule has 0 aliphatic rings. The Balaban J connectivity index is 1.26. The lowest BCUT2D eigenvalue weighted by atomic mass is 10.0. The van der Waals surface area contributed by atoms with E-state index in [2.05, 4.69) is 179 Å². The summed E-state index contributed by atoms with van der Waals surface area (Å²) in [5.41, 5.74) is 10.8. The molecular weight excluding hydrogens is 691 g/mol. The van der Waals surface area contributed by atoms with Gasteiger partial charge in [0.25, 0.3) is 0 Å². The van der Waals surface area contributed by atoms with Crippen LogP contribution in [-0.2, 0) is 0 Å². The molecule has 0 aliphatic heterocycles. The van der Waals surface area contributed by atoms with Crippen molar-refractivity contribution < 1.29 is 0 Å². The molecule has 55 heavy (non-hydrogen) atoms. The molecule has 0 spiro atoms. The van der Waals surface area contributed by atoms with Crippen LogP contribution in [0.4, 0.5) is 0 Å². The molecule has 5 heterocycles. The molecule has 0 unspecified atom stereocenters. The maximum Gasteiger partial charge on any atom is 0.235 e. The number of hydrogen-bond acceptors (Lipinski definition) is 4. The van der Waals surface area contributed by atoms with Crippen LogP contribution in [0.25, 0.3) is 109 Å². The summed E-state index contributed by atoms with van der Waals surface area (Å²) in [5.74, 6) is 0.639. The second-order valence-corrected chi connectivity index (χ2v) is 15.0. The van der Waals surface area contributed by atoms with Gasteiger partial charge in [-0.15, -0.1) is 11.3 Å². The lowest BCUT2D eigenvalue weighted by Crippen LogP contribution is -2.03. The first kappa shape index (κ1) is 30.3. The molecule has 0 fully saturated rings. The van der Waals surface area contributed by atoms with Gasteiger partial charge in [-0.3, -0.25) is 4.57 Å². The zero-order valence-corrected chi connectivity index (χ0v) is 30.2. The third-order valence-corrected chi connectivity index (χ3v) is 12.1. The highest BCUT2D eigenvalue weighted by Crippen LogP contribution is 2.50. The maximum atomic E-state index is 5.51. The van der Waals surface area contributed by atoms with Crippen LogP contribution >= 0.6 is 11.3 Å². The number of thiophene rings is 1. The molecule has 12 rings (SSSR count). The largest absolute Gasteiger partial charge is 0.309 e. The van der Waals surface area contributed by atoms with E-state index < -0.39 is 0 Å². The molecule has 0 amide bonds. The fraction of sp³-hybridized carbons (Fsp3) is 0. The van der Waals surface area contributed by atoms with Gasteiger partial charge in [0.2, 0.25) is 5.95 Å². The lowest BCUT2D eigenvalue weighted by molar-refractivity contribution is 1.02. The lowest BCUT2D eigenvalue weighted by Gasteiger charge is -2.13. The van der Waals surface area contributed by atoms with Gasteiger partial charge in [-0.2, -0.15) is 0 Å². The van der Waals surface area contributed by atoms with E-state index in [1.54, 1.807) is 11.3 Å². The smallest absolute Gasteiger partial charge is 0.235 e. The molecule has 5 nitrogen and oxygen atoms in total. The average Bonchev–Trinajstić information content (AvgIpc) is 3.92. The highest BCUT2D eigenvalue weighted by molar-refractivity contribution is 7.26. The van der Waals surface area contributed by atoms with E-state index in [4.69, 9.17) is 15.0 Å². The Hall–Kier alpha value is -7.15. The highest BCUT2D eigenvalue weighted by atomic mass is 32.1. The van der Waals surface area contributed by atoms with Gasteiger partial charge in [0, 0.05) is 55.2 Å². The van der Waals surface area contributed by atoms with Gasteiger partial charge in [0.05, 0.1) is 38.0 Å². The number of aromatic nitrogens is 5. The number of rotatable bonds is 4. The molecule has 0 saturated heterocycles. The summed E-state index contributed by atoms with van der Waals surface area (Å²) in [7, 11) is 0. The maximum absolute atomic E-state index is 5.51. The predicted molar refractivity (Wildman–Crippen MR) is 230 cm³/mol. The number of hydrogen-bond donors (Lipinski definition) is 0. The quantitative estimate of drug-likeness (QED) is 0.182. The van der Waals surface area contributed by atoms with Crippen molar-refractivity contribution in [2.75, 3.05) is 0 Å². The molecular formula is C49H29N5S. The van der Waals surface area contributed by atoms with Crippen molar-refractivity contribution in [2.24, 2.45) is 0 Å². The van der Waals surface area contributed by atoms with Crippen LogP contribution in [0, 0.1) is 0 Å². The van der Waals surface area contributed by atoms with Crippen LogP contribution in [0.1, 0.15) is 0 Å². The van der Waals surface area contributed by atoms with Crippen LogP contribution < -0.4 is 0 Å². The van der Waals surface area contributed by atoms with Gasteiger partial charge in [0.15, 0.2) is 0 Å². The summed E-state index contributed by atoms with van der Waals surface area (Å²) in [5, 5.41) is 8.17. The SMILES string of the molecule is c1ccc(-c2ccc(-c3nc(-n4c5ccccc5c5c4c4sc6ncccc6c4c4c6ccccc6n(-c6ccccc6)c45)nc4ccccc34)cc2)cc1. The van der Waals surface area contributed by atoms with E-state index >= 15 is 0 Å². The Bertz CT molecular complexity index is 3470. The van der Waals surface area contributed by atoms with Crippen LogP contribution in [0.15, 0.2) is 176 Å². The molecule has 7 aromatic carbocycles. The van der Waals surface area contributed by atoms with Crippen molar-refractivity contribution in [2.45, 2.75) is 0 Å². The summed E-state index contributed by atoms with van der Waals surface area (Å²) < 4.78 is 5.93. The van der Waals surface area contributed by atoms with E-state index in [-0.39, 0.29) is 0 Å². The standard InChI is InChI=1S/C49H29N5S/c1-3-14-30(15-4-1)31-25-27-32(28-26-31)44-34-18-7-10-22-38(34)51-49(52-44)54-40-24-12-9-20-36(40)43-45-41(42-37-21-13-29-50-48(37)55-47(42)46(43)54)35-19-8-11-23-39(35)53(45)33-16-5-2-6-17-33/h1-29H. The molecule has 0 bridgehead atoms. The van der Waals surface area contributed by atoms with E-state index in [0.29, 0.717) is 5.95 Å². The van der Waals surface area contributed by atoms with Crippen molar-refractivity contribution in [3.05, 3.63) is 176 Å². The molecule has 0 radical (unpaired) electrons. The van der Waals surface area contributed by atoms with Crippen LogP contribution in [-0.4, -0.2) is 24.1 Å². The number of para-hydroxylation sites is 4. The van der Waals surface area contributed by atoms with Crippen molar-refractivity contribution in [1.29, 1.82) is 0 Å². The molecule has 0 saturated carbocycles. The minimum absolute atomic E-state index is 0.639. The summed E-state index contributed by atoms with van der Waals surface area (Å²) in [4.78, 5) is 16.8. The Morgan fingerprint density at radius 1 is 0.418 bits per heavy atom. The Morgan fingerprint density at radius 2 is 1.02 bits per heavy atom. The molecule has 256 valence electrons. The first-order valence-electron chi connectivity index (χ1n) is 18.5. The van der Waals surface area contributed by atoms with Crippen molar-refractivity contribution in [3.8, 4) is 34.0 Å². The molecule has 6 heteroatoms. The molecule has 5 aromatic heterocycles. The molecule has 12 aromatic rings. The van der Waals surface area contributed by atoms with Crippen LogP contribution in [0.5, 0.6) is 0 Å². The first-order chi connectivity index (χ1) is 27.3. The first-order valence-corrected chi connectivity index (χ1v) is 19.3. The summed E-state index contributed by atoms with van der Waals surface area (Å²) in [6, 6.07) is 60.1. The van der Waals surface area contributed by atoms with E-state index in [9.17, 15) is 0 Å². The topological polar surface area (TPSA) is 48.5 Å². The zero-order chi connectivity index (χ0) is 36.0. The van der Waals surface area contributed by atoms with E-state index in [1.807, 2.05) is 6.20 Å². The normalized spacial score (nSPS) is 12.0. The predicted octanol–water partition coefficient (Wildman–Crippen LogP) is 12.9. The van der Waals surface area contributed by atoms with Gasteiger partial charge in [-0.25, -0.2) is 15.0 Å². The molecule has 0 N–H and O–H groups in total. The summed E-state index contributed by atoms with van der Waals surface area (Å²) in [6.45, 7) is 0. The van der Waals surface area contributed by atoms with Crippen molar-refractivity contribution >= 4 is 86.2 Å². The Morgan fingerprint density at radius 3 is 1.80 bits per heavy atom. The highest BCUT2D eigenvalue weighted by Gasteiger charge is 2.28. The van der Waals surface area contributed by atoms with Gasteiger partial charge in [-0.1, -0.05) is 127 Å². The third kappa shape index (κ3) is 4.37. The third-order valence-electron chi connectivity index (χ3n) is 11.0. The van der Waals surface area contributed by atoms with Gasteiger partial charge in [0.1, 0.15) is 4.83 Å². The van der Waals surface area contributed by atoms with Crippen molar-refractivity contribution in [1.82, 2.24) is 24.1 Å². The Kier molecular flexibility index (Phi) is 6.44. The average molecular weight is 720 g/mol. The minimum atomic E-state index is 0.639. The van der Waals surface area contributed by atoms with Gasteiger partial charge in [-0.05, 0) is 53.6 Å². The monoisotopic (exact) mass is 719 g/mol. The van der Waals surface area contributed by atoms with Gasteiger partial charge < -0.3 is 4.57 Å². The second-order valence-electron chi connectivity index (χ2n) is 14.0. The second kappa shape index (κ2) is 11.7. The summed E-state index contributed by atoms with van der Waals surface area (Å²) in [6.07, 6.45) is 1.90. The van der Waals surface area contributed by atoms with E-state index in [1.165, 1.54) is 48.4 Å². The van der Waals surface area contributed by atoms with E-state index in [0.717, 1.165) is 54.5 Å². The van der Waals surface area contributed by atoms with Crippen molar-refractivity contribution in [3.63, 3.8) is 0 Å². The number of nitrogens with zero attached hydrogens (tertiary/aromatic N) is 5. The molecule has 0 atom stereocenters. The fourth-order valence-corrected chi connectivity index (χ4v) is 9.85. The minimum Gasteiger partial charge on any atom is -0.309 e.